The van der Waals surface area contributed by atoms with Crippen molar-refractivity contribution in [2.24, 2.45) is 0 Å². The molecule has 0 saturated carbocycles. The molecule has 110 valence electrons. The standard InChI is InChI=1S/C16H18ClN3O/c1-12-2-3-14(17)10-15(12)19-9-6-16(21)20-11-13-4-7-18-8-5-13/h2-5,7-8,10,19H,6,9,11H2,1H3,(H,20,21). The summed E-state index contributed by atoms with van der Waals surface area (Å²) in [5, 5.41) is 6.79. The first-order valence-electron chi connectivity index (χ1n) is 6.81. The molecule has 0 atom stereocenters. The van der Waals surface area contributed by atoms with Crippen LogP contribution in [0.25, 0.3) is 0 Å². The van der Waals surface area contributed by atoms with Gasteiger partial charge in [-0.1, -0.05) is 17.7 Å². The summed E-state index contributed by atoms with van der Waals surface area (Å²) < 4.78 is 0. The van der Waals surface area contributed by atoms with E-state index in [1.165, 1.54) is 0 Å². The van der Waals surface area contributed by atoms with Gasteiger partial charge in [0.15, 0.2) is 0 Å². The Morgan fingerprint density at radius 2 is 2.00 bits per heavy atom. The highest BCUT2D eigenvalue weighted by atomic mass is 35.5. The number of hydrogen-bond donors (Lipinski definition) is 2. The second-order valence-electron chi connectivity index (χ2n) is 4.77. The van der Waals surface area contributed by atoms with E-state index in [1.807, 2.05) is 37.3 Å². The van der Waals surface area contributed by atoms with Gasteiger partial charge >= 0.3 is 0 Å². The fraction of sp³-hybridized carbons (Fsp3) is 0.250. The smallest absolute Gasteiger partial charge is 0.222 e. The Morgan fingerprint density at radius 1 is 1.24 bits per heavy atom. The molecule has 21 heavy (non-hydrogen) atoms. The fourth-order valence-corrected chi connectivity index (χ4v) is 2.06. The summed E-state index contributed by atoms with van der Waals surface area (Å²) in [6.45, 7) is 3.10. The Bertz CT molecular complexity index is 602. The van der Waals surface area contributed by atoms with Gasteiger partial charge in [0.25, 0.3) is 0 Å². The van der Waals surface area contributed by atoms with E-state index < -0.39 is 0 Å². The molecule has 2 aromatic rings. The van der Waals surface area contributed by atoms with Gasteiger partial charge in [-0.25, -0.2) is 0 Å². The molecule has 0 fully saturated rings. The van der Waals surface area contributed by atoms with Crippen LogP contribution in [0.2, 0.25) is 5.02 Å². The summed E-state index contributed by atoms with van der Waals surface area (Å²) in [5.41, 5.74) is 3.11. The lowest BCUT2D eigenvalue weighted by Gasteiger charge is -2.10. The minimum atomic E-state index is 0.0130. The van der Waals surface area contributed by atoms with Crippen LogP contribution in [0.4, 0.5) is 5.69 Å². The van der Waals surface area contributed by atoms with Gasteiger partial charge in [0, 0.05) is 42.6 Å². The Balaban J connectivity index is 1.73. The molecule has 1 aromatic heterocycles. The van der Waals surface area contributed by atoms with Gasteiger partial charge < -0.3 is 10.6 Å². The number of aromatic nitrogens is 1. The second kappa shape index (κ2) is 7.64. The molecule has 0 radical (unpaired) electrons. The number of nitrogens with zero attached hydrogens (tertiary/aromatic N) is 1. The van der Waals surface area contributed by atoms with Crippen molar-refractivity contribution in [3.05, 3.63) is 58.9 Å². The Hall–Kier alpha value is -2.07. The van der Waals surface area contributed by atoms with Gasteiger partial charge in [0.05, 0.1) is 0 Å². The van der Waals surface area contributed by atoms with Crippen molar-refractivity contribution in [3.63, 3.8) is 0 Å². The summed E-state index contributed by atoms with van der Waals surface area (Å²) in [5.74, 6) is 0.0130. The van der Waals surface area contributed by atoms with Crippen molar-refractivity contribution >= 4 is 23.2 Å². The molecule has 0 aliphatic heterocycles. The Morgan fingerprint density at radius 3 is 2.76 bits per heavy atom. The summed E-state index contributed by atoms with van der Waals surface area (Å²) in [6, 6.07) is 9.44. The summed E-state index contributed by atoms with van der Waals surface area (Å²) in [4.78, 5) is 15.7. The minimum Gasteiger partial charge on any atom is -0.384 e. The van der Waals surface area contributed by atoms with Gasteiger partial charge in [-0.15, -0.1) is 0 Å². The van der Waals surface area contributed by atoms with Gasteiger partial charge in [-0.2, -0.15) is 0 Å². The number of amides is 1. The lowest BCUT2D eigenvalue weighted by molar-refractivity contribution is -0.121. The van der Waals surface area contributed by atoms with E-state index in [4.69, 9.17) is 11.6 Å². The number of pyridine rings is 1. The molecule has 0 spiro atoms. The van der Waals surface area contributed by atoms with E-state index in [9.17, 15) is 4.79 Å². The van der Waals surface area contributed by atoms with Crippen molar-refractivity contribution in [2.45, 2.75) is 19.9 Å². The molecule has 1 heterocycles. The third-order valence-corrected chi connectivity index (χ3v) is 3.34. The number of carbonyl (C=O) groups excluding carboxylic acids is 1. The van der Waals surface area contributed by atoms with Gasteiger partial charge in [-0.05, 0) is 42.3 Å². The van der Waals surface area contributed by atoms with Gasteiger partial charge in [0.1, 0.15) is 0 Å². The van der Waals surface area contributed by atoms with Crippen LogP contribution < -0.4 is 10.6 Å². The maximum Gasteiger partial charge on any atom is 0.222 e. The number of rotatable bonds is 6. The molecule has 0 bridgehead atoms. The third kappa shape index (κ3) is 5.08. The summed E-state index contributed by atoms with van der Waals surface area (Å²) in [7, 11) is 0. The molecular weight excluding hydrogens is 286 g/mol. The largest absolute Gasteiger partial charge is 0.384 e. The maximum atomic E-state index is 11.8. The van der Waals surface area contributed by atoms with E-state index >= 15 is 0 Å². The number of anilines is 1. The number of benzene rings is 1. The third-order valence-electron chi connectivity index (χ3n) is 3.11. The Labute approximate surface area is 129 Å². The zero-order valence-corrected chi connectivity index (χ0v) is 12.7. The topological polar surface area (TPSA) is 54.0 Å². The molecule has 4 nitrogen and oxygen atoms in total. The number of carbonyl (C=O) groups is 1. The van der Waals surface area contributed by atoms with Crippen molar-refractivity contribution in [3.8, 4) is 0 Å². The van der Waals surface area contributed by atoms with Crippen LogP contribution in [0.5, 0.6) is 0 Å². The summed E-state index contributed by atoms with van der Waals surface area (Å²) in [6.07, 6.45) is 3.84. The number of aryl methyl sites for hydroxylation is 1. The minimum absolute atomic E-state index is 0.0130. The van der Waals surface area contributed by atoms with E-state index in [2.05, 4.69) is 15.6 Å². The van der Waals surface area contributed by atoms with E-state index in [0.29, 0.717) is 24.5 Å². The molecule has 2 N–H and O–H groups in total. The van der Waals surface area contributed by atoms with Crippen molar-refractivity contribution < 1.29 is 4.79 Å². The average molecular weight is 304 g/mol. The molecule has 2 rings (SSSR count). The van der Waals surface area contributed by atoms with Crippen LogP contribution in [0.1, 0.15) is 17.5 Å². The first-order valence-corrected chi connectivity index (χ1v) is 7.18. The van der Waals surface area contributed by atoms with Crippen LogP contribution in [-0.2, 0) is 11.3 Å². The molecule has 0 aliphatic carbocycles. The highest BCUT2D eigenvalue weighted by molar-refractivity contribution is 6.30. The van der Waals surface area contributed by atoms with E-state index in [1.54, 1.807) is 12.4 Å². The van der Waals surface area contributed by atoms with Crippen molar-refractivity contribution in [1.82, 2.24) is 10.3 Å². The zero-order chi connectivity index (χ0) is 15.1. The highest BCUT2D eigenvalue weighted by Gasteiger charge is 2.03. The molecular formula is C16H18ClN3O. The molecule has 0 saturated heterocycles. The molecule has 0 aliphatic rings. The van der Waals surface area contributed by atoms with Crippen LogP contribution >= 0.6 is 11.6 Å². The molecule has 0 unspecified atom stereocenters. The second-order valence-corrected chi connectivity index (χ2v) is 5.20. The molecule has 1 amide bonds. The fourth-order valence-electron chi connectivity index (χ4n) is 1.89. The van der Waals surface area contributed by atoms with Gasteiger partial charge in [-0.3, -0.25) is 9.78 Å². The van der Waals surface area contributed by atoms with Crippen LogP contribution in [0, 0.1) is 6.92 Å². The van der Waals surface area contributed by atoms with Crippen molar-refractivity contribution in [1.29, 1.82) is 0 Å². The number of hydrogen-bond acceptors (Lipinski definition) is 3. The van der Waals surface area contributed by atoms with E-state index in [0.717, 1.165) is 16.8 Å². The first-order chi connectivity index (χ1) is 10.1. The lowest BCUT2D eigenvalue weighted by atomic mass is 10.2. The quantitative estimate of drug-likeness (QED) is 0.862. The summed E-state index contributed by atoms with van der Waals surface area (Å²) >= 11 is 5.95. The lowest BCUT2D eigenvalue weighted by Crippen LogP contribution is -2.24. The normalized spacial score (nSPS) is 10.2. The highest BCUT2D eigenvalue weighted by Crippen LogP contribution is 2.19. The first kappa shape index (κ1) is 15.3. The predicted molar refractivity (Wildman–Crippen MR) is 85.4 cm³/mol. The molecule has 5 heteroatoms. The number of nitrogens with one attached hydrogen (secondary N) is 2. The Kier molecular flexibility index (Phi) is 5.58. The maximum absolute atomic E-state index is 11.8. The van der Waals surface area contributed by atoms with Crippen LogP contribution in [0.15, 0.2) is 42.7 Å². The van der Waals surface area contributed by atoms with E-state index in [-0.39, 0.29) is 5.91 Å². The van der Waals surface area contributed by atoms with Crippen LogP contribution in [0.3, 0.4) is 0 Å². The van der Waals surface area contributed by atoms with Crippen molar-refractivity contribution in [2.75, 3.05) is 11.9 Å². The monoisotopic (exact) mass is 303 g/mol. The van der Waals surface area contributed by atoms with Crippen LogP contribution in [-0.4, -0.2) is 17.4 Å². The van der Waals surface area contributed by atoms with Gasteiger partial charge in [0.2, 0.25) is 5.91 Å². The predicted octanol–water partition coefficient (Wildman–Crippen LogP) is 3.16. The SMILES string of the molecule is Cc1ccc(Cl)cc1NCCC(=O)NCc1ccncc1. The zero-order valence-electron chi connectivity index (χ0n) is 11.9. The molecule has 1 aromatic carbocycles. The average Bonchev–Trinajstić information content (AvgIpc) is 2.50. The number of halogens is 1.